The van der Waals surface area contributed by atoms with Crippen LogP contribution in [0.25, 0.3) is 0 Å². The first-order valence-electron chi connectivity index (χ1n) is 4.24. The van der Waals surface area contributed by atoms with Crippen molar-refractivity contribution in [3.63, 3.8) is 0 Å². The van der Waals surface area contributed by atoms with Crippen LogP contribution in [-0.2, 0) is 0 Å². The summed E-state index contributed by atoms with van der Waals surface area (Å²) >= 11 is 4.54. The van der Waals surface area contributed by atoms with E-state index < -0.39 is 0 Å². The Labute approximate surface area is 99.4 Å². The molecule has 0 spiro atoms. The normalized spacial score (nSPS) is 9.93. The predicted molar refractivity (Wildman–Crippen MR) is 64.2 cm³/mol. The fourth-order valence-electron chi connectivity index (χ4n) is 1.08. The molecule has 0 radical (unpaired) electrons. The van der Waals surface area contributed by atoms with Gasteiger partial charge in [0.15, 0.2) is 0 Å². The second-order valence-corrected chi connectivity index (χ2v) is 4.50. The van der Waals surface area contributed by atoms with Gasteiger partial charge in [0.2, 0.25) is 0 Å². The maximum Gasteiger partial charge on any atom is 0.267 e. The quantitative estimate of drug-likeness (QED) is 0.919. The molecule has 0 fully saturated rings. The molecular weight excluding hydrogens is 276 g/mol. The number of benzene rings is 1. The molecular formula is C10H7BrN2OS. The van der Waals surface area contributed by atoms with Crippen LogP contribution in [0.15, 0.2) is 41.0 Å². The Morgan fingerprint density at radius 2 is 2.13 bits per heavy atom. The van der Waals surface area contributed by atoms with Crippen LogP contribution in [0.2, 0.25) is 0 Å². The lowest BCUT2D eigenvalue weighted by molar-refractivity contribution is 0.103. The van der Waals surface area contributed by atoms with Gasteiger partial charge >= 0.3 is 0 Å². The van der Waals surface area contributed by atoms with Crippen molar-refractivity contribution in [2.24, 2.45) is 0 Å². The third-order valence-electron chi connectivity index (χ3n) is 1.78. The molecule has 1 heterocycles. The number of halogens is 1. The third kappa shape index (κ3) is 2.43. The predicted octanol–water partition coefficient (Wildman–Crippen LogP) is 3.16. The zero-order valence-electron chi connectivity index (χ0n) is 7.61. The molecule has 1 aromatic heterocycles. The summed E-state index contributed by atoms with van der Waals surface area (Å²) < 4.78 is 4.74. The number of carbonyl (C=O) groups excluding carboxylic acids is 1. The SMILES string of the molecule is O=C(Nc1ccccc1Br)c1ccns1. The first-order valence-corrected chi connectivity index (χ1v) is 5.80. The van der Waals surface area contributed by atoms with Gasteiger partial charge < -0.3 is 5.32 Å². The summed E-state index contributed by atoms with van der Waals surface area (Å²) in [5.74, 6) is -0.135. The van der Waals surface area contributed by atoms with Crippen LogP contribution in [0.1, 0.15) is 9.67 Å². The first kappa shape index (κ1) is 10.3. The number of nitrogens with zero attached hydrogens (tertiary/aromatic N) is 1. The van der Waals surface area contributed by atoms with E-state index in [9.17, 15) is 4.79 Å². The zero-order chi connectivity index (χ0) is 10.7. The topological polar surface area (TPSA) is 42.0 Å². The highest BCUT2D eigenvalue weighted by Gasteiger charge is 2.08. The highest BCUT2D eigenvalue weighted by Crippen LogP contribution is 2.22. The molecule has 2 aromatic rings. The minimum Gasteiger partial charge on any atom is -0.320 e. The highest BCUT2D eigenvalue weighted by molar-refractivity contribution is 9.10. The van der Waals surface area contributed by atoms with Crippen LogP contribution < -0.4 is 5.32 Å². The minimum absolute atomic E-state index is 0.135. The van der Waals surface area contributed by atoms with Crippen molar-refractivity contribution in [3.05, 3.63) is 45.9 Å². The summed E-state index contributed by atoms with van der Waals surface area (Å²) in [4.78, 5) is 12.3. The number of hydrogen-bond donors (Lipinski definition) is 1. The lowest BCUT2D eigenvalue weighted by Crippen LogP contribution is -2.10. The smallest absolute Gasteiger partial charge is 0.267 e. The molecule has 76 valence electrons. The molecule has 0 unspecified atom stereocenters. The van der Waals surface area contributed by atoms with E-state index in [0.29, 0.717) is 4.88 Å². The summed E-state index contributed by atoms with van der Waals surface area (Å²) in [6.07, 6.45) is 1.61. The number of carbonyl (C=O) groups is 1. The second-order valence-electron chi connectivity index (χ2n) is 2.81. The van der Waals surface area contributed by atoms with Crippen LogP contribution in [0.3, 0.4) is 0 Å². The minimum atomic E-state index is -0.135. The molecule has 1 N–H and O–H groups in total. The molecule has 0 bridgehead atoms. The molecule has 0 aliphatic carbocycles. The van der Waals surface area contributed by atoms with Gasteiger partial charge in [-0.3, -0.25) is 4.79 Å². The first-order chi connectivity index (χ1) is 7.27. The van der Waals surface area contributed by atoms with E-state index in [0.717, 1.165) is 10.2 Å². The van der Waals surface area contributed by atoms with Gasteiger partial charge in [0.05, 0.1) is 5.69 Å². The van der Waals surface area contributed by atoms with Crippen molar-refractivity contribution >= 4 is 39.1 Å². The number of aromatic nitrogens is 1. The molecule has 0 aliphatic rings. The van der Waals surface area contributed by atoms with Crippen molar-refractivity contribution in [2.45, 2.75) is 0 Å². The maximum atomic E-state index is 11.7. The van der Waals surface area contributed by atoms with Crippen LogP contribution in [0, 0.1) is 0 Å². The second kappa shape index (κ2) is 4.55. The average molecular weight is 283 g/mol. The Morgan fingerprint density at radius 1 is 1.33 bits per heavy atom. The molecule has 1 aromatic carbocycles. The van der Waals surface area contributed by atoms with Crippen molar-refractivity contribution in [3.8, 4) is 0 Å². The van der Waals surface area contributed by atoms with E-state index in [1.165, 1.54) is 11.5 Å². The number of anilines is 1. The number of para-hydroxylation sites is 1. The number of nitrogens with one attached hydrogen (secondary N) is 1. The summed E-state index contributed by atoms with van der Waals surface area (Å²) in [5.41, 5.74) is 0.760. The van der Waals surface area contributed by atoms with E-state index in [2.05, 4.69) is 25.6 Å². The van der Waals surface area contributed by atoms with E-state index in [1.54, 1.807) is 12.3 Å². The van der Waals surface area contributed by atoms with Crippen molar-refractivity contribution in [1.29, 1.82) is 0 Å². The van der Waals surface area contributed by atoms with E-state index in [1.807, 2.05) is 24.3 Å². The van der Waals surface area contributed by atoms with Gasteiger partial charge in [-0.15, -0.1) is 0 Å². The van der Waals surface area contributed by atoms with Crippen molar-refractivity contribution in [2.75, 3.05) is 5.32 Å². The summed E-state index contributed by atoms with van der Waals surface area (Å²) in [6.45, 7) is 0. The molecule has 0 atom stereocenters. The van der Waals surface area contributed by atoms with Crippen LogP contribution >= 0.6 is 27.5 Å². The van der Waals surface area contributed by atoms with Crippen molar-refractivity contribution < 1.29 is 4.79 Å². The summed E-state index contributed by atoms with van der Waals surface area (Å²) in [6, 6.07) is 9.17. The summed E-state index contributed by atoms with van der Waals surface area (Å²) in [5, 5.41) is 2.80. The van der Waals surface area contributed by atoms with Gasteiger partial charge in [-0.25, -0.2) is 4.37 Å². The molecule has 5 heteroatoms. The zero-order valence-corrected chi connectivity index (χ0v) is 10.0. The standard InChI is InChI=1S/C10H7BrN2OS/c11-7-3-1-2-4-8(7)13-10(14)9-5-6-12-15-9/h1-6H,(H,13,14). The Kier molecular flexibility index (Phi) is 3.13. The van der Waals surface area contributed by atoms with E-state index in [4.69, 9.17) is 0 Å². The van der Waals surface area contributed by atoms with E-state index >= 15 is 0 Å². The van der Waals surface area contributed by atoms with E-state index in [-0.39, 0.29) is 5.91 Å². The fraction of sp³-hybridized carbons (Fsp3) is 0. The maximum absolute atomic E-state index is 11.7. The van der Waals surface area contributed by atoms with Gasteiger partial charge in [0, 0.05) is 10.7 Å². The van der Waals surface area contributed by atoms with Gasteiger partial charge in [0.1, 0.15) is 4.88 Å². The Morgan fingerprint density at radius 3 is 2.80 bits per heavy atom. The molecule has 0 saturated carbocycles. The lowest BCUT2D eigenvalue weighted by Gasteiger charge is -2.04. The Balaban J connectivity index is 2.17. The van der Waals surface area contributed by atoms with Gasteiger partial charge in [0.25, 0.3) is 5.91 Å². The van der Waals surface area contributed by atoms with Crippen molar-refractivity contribution in [1.82, 2.24) is 4.37 Å². The van der Waals surface area contributed by atoms with Gasteiger partial charge in [-0.05, 0) is 45.7 Å². The summed E-state index contributed by atoms with van der Waals surface area (Å²) in [7, 11) is 0. The van der Waals surface area contributed by atoms with Gasteiger partial charge in [-0.2, -0.15) is 0 Å². The molecule has 15 heavy (non-hydrogen) atoms. The Bertz CT molecular complexity index is 470. The largest absolute Gasteiger partial charge is 0.320 e. The fourth-order valence-corrected chi connectivity index (χ4v) is 1.95. The number of rotatable bonds is 2. The lowest BCUT2D eigenvalue weighted by atomic mass is 10.3. The Hall–Kier alpha value is -1.20. The number of amides is 1. The molecule has 0 saturated heterocycles. The van der Waals surface area contributed by atoms with Crippen LogP contribution in [0.5, 0.6) is 0 Å². The average Bonchev–Trinajstić information content (AvgIpc) is 2.74. The highest BCUT2D eigenvalue weighted by atomic mass is 79.9. The van der Waals surface area contributed by atoms with Gasteiger partial charge in [-0.1, -0.05) is 12.1 Å². The molecule has 2 rings (SSSR count). The third-order valence-corrected chi connectivity index (χ3v) is 3.22. The van der Waals surface area contributed by atoms with Crippen LogP contribution in [0.4, 0.5) is 5.69 Å². The van der Waals surface area contributed by atoms with Crippen LogP contribution in [-0.4, -0.2) is 10.3 Å². The molecule has 3 nitrogen and oxygen atoms in total. The number of hydrogen-bond acceptors (Lipinski definition) is 3. The molecule has 1 amide bonds. The molecule has 0 aliphatic heterocycles. The monoisotopic (exact) mass is 282 g/mol.